The van der Waals surface area contributed by atoms with E-state index in [-0.39, 0.29) is 11.5 Å². The van der Waals surface area contributed by atoms with Crippen LogP contribution in [0.3, 0.4) is 0 Å². The largest absolute Gasteiger partial charge is 0.460 e. The molecule has 0 aliphatic carbocycles. The number of nitrogens with one attached hydrogen (secondary N) is 1. The van der Waals surface area contributed by atoms with Crippen molar-refractivity contribution >= 4 is 27.6 Å². The first-order valence-electron chi connectivity index (χ1n) is 6.53. The number of ether oxygens (including phenoxy) is 1. The highest BCUT2D eigenvalue weighted by atomic mass is 35.5. The van der Waals surface area contributed by atoms with Crippen molar-refractivity contribution in [3.8, 4) is 0 Å². The fraction of sp³-hybridized carbons (Fsp3) is 0.133. The molecule has 2 aromatic carbocycles. The molecule has 0 bridgehead atoms. The number of sulfonamides is 1. The number of carbonyl (C=O) groups is 1. The van der Waals surface area contributed by atoms with Crippen molar-refractivity contribution in [3.63, 3.8) is 0 Å². The van der Waals surface area contributed by atoms with E-state index in [2.05, 4.69) is 4.72 Å². The Balaban J connectivity index is 1.89. The maximum Gasteiger partial charge on any atom is 0.321 e. The van der Waals surface area contributed by atoms with Crippen molar-refractivity contribution in [3.05, 3.63) is 64.9 Å². The van der Waals surface area contributed by atoms with Crippen LogP contribution in [0.5, 0.6) is 0 Å². The van der Waals surface area contributed by atoms with Gasteiger partial charge in [0.05, 0.1) is 4.90 Å². The number of halogens is 2. The zero-order valence-electron chi connectivity index (χ0n) is 11.8. The molecule has 23 heavy (non-hydrogen) atoms. The maximum atomic E-state index is 12.8. The quantitative estimate of drug-likeness (QED) is 0.806. The van der Waals surface area contributed by atoms with Gasteiger partial charge in [-0.25, -0.2) is 12.8 Å². The summed E-state index contributed by atoms with van der Waals surface area (Å²) in [6, 6.07) is 11.1. The zero-order chi connectivity index (χ0) is 16.9. The summed E-state index contributed by atoms with van der Waals surface area (Å²) in [4.78, 5) is 11.5. The van der Waals surface area contributed by atoms with Gasteiger partial charge in [-0.2, -0.15) is 4.72 Å². The predicted molar refractivity (Wildman–Crippen MR) is 82.8 cm³/mol. The van der Waals surface area contributed by atoms with Gasteiger partial charge in [0.15, 0.2) is 0 Å². The molecule has 0 atom stereocenters. The predicted octanol–water partition coefficient (Wildman–Crippen LogP) is 2.50. The van der Waals surface area contributed by atoms with Crippen molar-refractivity contribution in [2.75, 3.05) is 6.54 Å². The standard InChI is InChI=1S/C15H13ClFNO4S/c16-14-4-2-1-3-11(14)10-22-15(19)9-18-23(20,21)13-7-5-12(17)6-8-13/h1-8,18H,9-10H2. The van der Waals surface area contributed by atoms with Crippen molar-refractivity contribution in [2.45, 2.75) is 11.5 Å². The summed E-state index contributed by atoms with van der Waals surface area (Å²) in [5.74, 6) is -1.31. The minimum absolute atomic E-state index is 0.0587. The molecule has 8 heteroatoms. The Labute approximate surface area is 138 Å². The first-order chi connectivity index (χ1) is 10.9. The highest BCUT2D eigenvalue weighted by molar-refractivity contribution is 7.89. The highest BCUT2D eigenvalue weighted by Gasteiger charge is 2.16. The molecule has 5 nitrogen and oxygen atoms in total. The van der Waals surface area contributed by atoms with Crippen molar-refractivity contribution in [2.24, 2.45) is 0 Å². The Hall–Kier alpha value is -1.96. The lowest BCUT2D eigenvalue weighted by Gasteiger charge is -2.08. The van der Waals surface area contributed by atoms with Gasteiger partial charge in [0.2, 0.25) is 10.0 Å². The van der Waals surface area contributed by atoms with Gasteiger partial charge < -0.3 is 4.74 Å². The topological polar surface area (TPSA) is 72.5 Å². The van der Waals surface area contributed by atoms with Crippen LogP contribution >= 0.6 is 11.6 Å². The Bertz CT molecular complexity index is 793. The molecule has 2 aromatic rings. The number of hydrogen-bond donors (Lipinski definition) is 1. The average molecular weight is 358 g/mol. The van der Waals surface area contributed by atoms with Crippen LogP contribution in [0.1, 0.15) is 5.56 Å². The normalized spacial score (nSPS) is 11.2. The summed E-state index contributed by atoms with van der Waals surface area (Å²) in [6.07, 6.45) is 0. The third-order valence-corrected chi connectivity index (χ3v) is 4.66. The molecular formula is C15H13ClFNO4S. The fourth-order valence-corrected chi connectivity index (χ4v) is 2.83. The van der Waals surface area contributed by atoms with E-state index in [0.29, 0.717) is 10.6 Å². The highest BCUT2D eigenvalue weighted by Crippen LogP contribution is 2.15. The number of esters is 1. The van der Waals surface area contributed by atoms with Crippen LogP contribution in [0.2, 0.25) is 5.02 Å². The van der Waals surface area contributed by atoms with E-state index in [1.165, 1.54) is 0 Å². The minimum Gasteiger partial charge on any atom is -0.460 e. The Morgan fingerprint density at radius 3 is 2.43 bits per heavy atom. The van der Waals surface area contributed by atoms with Crippen molar-refractivity contribution in [1.82, 2.24) is 4.72 Å². The third kappa shape index (κ3) is 5.02. The lowest BCUT2D eigenvalue weighted by molar-refractivity contribution is -0.143. The number of rotatable bonds is 6. The fourth-order valence-electron chi connectivity index (χ4n) is 1.68. The van der Waals surface area contributed by atoms with E-state index in [1.54, 1.807) is 24.3 Å². The molecule has 0 saturated heterocycles. The van der Waals surface area contributed by atoms with Gasteiger partial charge in [0.25, 0.3) is 0 Å². The van der Waals surface area contributed by atoms with Gasteiger partial charge in [0, 0.05) is 10.6 Å². The number of benzene rings is 2. The van der Waals surface area contributed by atoms with Crippen LogP contribution < -0.4 is 4.72 Å². The van der Waals surface area contributed by atoms with Crippen LogP contribution in [0, 0.1) is 5.82 Å². The smallest absolute Gasteiger partial charge is 0.321 e. The van der Waals surface area contributed by atoms with Gasteiger partial charge in [0.1, 0.15) is 19.0 Å². The summed E-state index contributed by atoms with van der Waals surface area (Å²) < 4.78 is 43.6. The second kappa shape index (κ2) is 7.54. The lowest BCUT2D eigenvalue weighted by atomic mass is 10.2. The molecular weight excluding hydrogens is 345 g/mol. The van der Waals surface area contributed by atoms with E-state index >= 15 is 0 Å². The maximum absolute atomic E-state index is 12.8. The van der Waals surface area contributed by atoms with E-state index in [9.17, 15) is 17.6 Å². The summed E-state index contributed by atoms with van der Waals surface area (Å²) in [5, 5.41) is 0.451. The monoisotopic (exact) mass is 357 g/mol. The molecule has 0 spiro atoms. The molecule has 0 unspecified atom stereocenters. The van der Waals surface area contributed by atoms with Crippen LogP contribution in [-0.2, 0) is 26.2 Å². The first-order valence-corrected chi connectivity index (χ1v) is 8.39. The molecule has 0 aromatic heterocycles. The Morgan fingerprint density at radius 1 is 1.13 bits per heavy atom. The lowest BCUT2D eigenvalue weighted by Crippen LogP contribution is -2.30. The summed E-state index contributed by atoms with van der Waals surface area (Å²) in [7, 11) is -3.91. The summed E-state index contributed by atoms with van der Waals surface area (Å²) in [5.41, 5.74) is 0.615. The molecule has 1 N–H and O–H groups in total. The minimum atomic E-state index is -3.91. The average Bonchev–Trinajstić information content (AvgIpc) is 2.53. The summed E-state index contributed by atoms with van der Waals surface area (Å²) >= 11 is 5.92. The third-order valence-electron chi connectivity index (χ3n) is 2.88. The van der Waals surface area contributed by atoms with Gasteiger partial charge in [-0.1, -0.05) is 29.8 Å². The molecule has 2 rings (SSSR count). The van der Waals surface area contributed by atoms with Crippen LogP contribution in [0.25, 0.3) is 0 Å². The summed E-state index contributed by atoms with van der Waals surface area (Å²) in [6.45, 7) is -0.596. The van der Waals surface area contributed by atoms with E-state index in [1.807, 2.05) is 0 Å². The van der Waals surface area contributed by atoms with E-state index in [4.69, 9.17) is 16.3 Å². The SMILES string of the molecule is O=C(CNS(=O)(=O)c1ccc(F)cc1)OCc1ccccc1Cl. The first kappa shape index (κ1) is 17.4. The Kier molecular flexibility index (Phi) is 5.70. The van der Waals surface area contributed by atoms with Crippen molar-refractivity contribution in [1.29, 1.82) is 0 Å². The van der Waals surface area contributed by atoms with Gasteiger partial charge >= 0.3 is 5.97 Å². The molecule has 0 aliphatic rings. The number of carbonyl (C=O) groups excluding carboxylic acids is 1. The molecule has 0 saturated carbocycles. The van der Waals surface area contributed by atoms with Gasteiger partial charge in [-0.05, 0) is 30.3 Å². The molecule has 0 amide bonds. The van der Waals surface area contributed by atoms with E-state index in [0.717, 1.165) is 24.3 Å². The van der Waals surface area contributed by atoms with Gasteiger partial charge in [-0.3, -0.25) is 4.79 Å². The number of hydrogen-bond acceptors (Lipinski definition) is 4. The van der Waals surface area contributed by atoms with Crippen LogP contribution in [-0.4, -0.2) is 20.9 Å². The molecule has 0 heterocycles. The van der Waals surface area contributed by atoms with Crippen LogP contribution in [0.4, 0.5) is 4.39 Å². The van der Waals surface area contributed by atoms with Crippen molar-refractivity contribution < 1.29 is 22.3 Å². The van der Waals surface area contributed by atoms with Crippen LogP contribution in [0.15, 0.2) is 53.4 Å². The molecule has 0 aliphatic heterocycles. The van der Waals surface area contributed by atoms with Gasteiger partial charge in [-0.15, -0.1) is 0 Å². The molecule has 0 radical (unpaired) electrons. The molecule has 122 valence electrons. The second-order valence-corrected chi connectivity index (χ2v) is 6.70. The molecule has 0 fully saturated rings. The second-order valence-electron chi connectivity index (χ2n) is 4.53. The van der Waals surface area contributed by atoms with E-state index < -0.39 is 28.4 Å². The Morgan fingerprint density at radius 2 is 1.78 bits per heavy atom. The zero-order valence-corrected chi connectivity index (χ0v) is 13.4.